The van der Waals surface area contributed by atoms with Crippen molar-refractivity contribution in [2.45, 2.75) is 94.2 Å². The van der Waals surface area contributed by atoms with Crippen molar-refractivity contribution < 1.29 is 34.0 Å². The molecule has 10 unspecified atom stereocenters. The summed E-state index contributed by atoms with van der Waals surface area (Å²) in [6.45, 7) is 3.48. The third kappa shape index (κ3) is 2.63. The Bertz CT molecular complexity index is 1050. The number of hydrogen-bond donors (Lipinski definition) is 3. The van der Waals surface area contributed by atoms with Crippen LogP contribution in [-0.2, 0) is 14.3 Å². The molecule has 0 aromatic carbocycles. The van der Waals surface area contributed by atoms with Crippen molar-refractivity contribution >= 4 is 5.97 Å². The van der Waals surface area contributed by atoms with E-state index in [2.05, 4.69) is 6.92 Å². The lowest BCUT2D eigenvalue weighted by atomic mass is 9.42. The number of hydrogen-bond acceptors (Lipinski definition) is 8. The van der Waals surface area contributed by atoms with Gasteiger partial charge in [0.15, 0.2) is 0 Å². The molecule has 0 radical (unpaired) electrons. The Morgan fingerprint density at radius 3 is 2.62 bits per heavy atom. The first-order chi connectivity index (χ1) is 16.1. The maximum atomic E-state index is 12.1. The second-order valence-electron chi connectivity index (χ2n) is 11.7. The molecule has 0 bridgehead atoms. The molecule has 5 aliphatic rings. The molecule has 8 nitrogen and oxygen atoms in total. The molecule has 186 valence electrons. The van der Waals surface area contributed by atoms with Crippen molar-refractivity contribution in [3.05, 3.63) is 34.4 Å². The van der Waals surface area contributed by atoms with Crippen LogP contribution in [-0.4, -0.2) is 57.4 Å². The largest absolute Gasteiger partial charge is 0.459 e. The summed E-state index contributed by atoms with van der Waals surface area (Å²) in [6, 6.07) is 3.17. The molecule has 34 heavy (non-hydrogen) atoms. The Hall–Kier alpha value is -1.74. The average molecular weight is 475 g/mol. The number of fused-ring (bicyclic) bond motifs is 3. The lowest BCUT2D eigenvalue weighted by Gasteiger charge is -2.64. The molecule has 1 aromatic rings. The molecule has 8 heteroatoms. The summed E-state index contributed by atoms with van der Waals surface area (Å²) in [5.41, 5.74) is -2.25. The molecule has 1 aromatic heterocycles. The number of esters is 1. The van der Waals surface area contributed by atoms with Gasteiger partial charge in [-0.05, 0) is 62.0 Å². The fraction of sp³-hybridized carbons (Fsp3) is 0.769. The van der Waals surface area contributed by atoms with E-state index in [9.17, 15) is 24.9 Å². The van der Waals surface area contributed by atoms with E-state index < -0.39 is 34.5 Å². The number of ether oxygens (including phenoxy) is 2. The van der Waals surface area contributed by atoms with Gasteiger partial charge in [-0.25, -0.2) is 4.79 Å². The fourth-order valence-corrected chi connectivity index (χ4v) is 9.23. The number of rotatable bonds is 3. The number of aliphatic hydroxyl groups excluding tert-OH is 2. The lowest BCUT2D eigenvalue weighted by molar-refractivity contribution is -0.243. The van der Waals surface area contributed by atoms with Crippen LogP contribution in [0.3, 0.4) is 0 Å². The SMILES string of the molecule is CC(=O)OC1C(c2ccc(=O)oc2)C2(C)CCC3C(CCC4(O)CC(O)CCC34CO)C23OC13. The summed E-state index contributed by atoms with van der Waals surface area (Å²) < 4.78 is 17.6. The Labute approximate surface area is 198 Å². The molecule has 0 amide bonds. The molecule has 10 atom stereocenters. The lowest BCUT2D eigenvalue weighted by Crippen LogP contribution is -2.67. The molecule has 4 saturated carbocycles. The van der Waals surface area contributed by atoms with E-state index in [1.165, 1.54) is 19.3 Å². The van der Waals surface area contributed by atoms with E-state index in [0.29, 0.717) is 25.7 Å². The molecule has 6 rings (SSSR count). The number of carbonyl (C=O) groups is 1. The van der Waals surface area contributed by atoms with Gasteiger partial charge in [0.05, 0.1) is 24.6 Å². The van der Waals surface area contributed by atoms with Gasteiger partial charge >= 0.3 is 11.6 Å². The molecular formula is C26H34O8. The number of carbonyl (C=O) groups excluding carboxylic acids is 1. The highest BCUT2D eigenvalue weighted by molar-refractivity contribution is 5.66. The van der Waals surface area contributed by atoms with E-state index in [0.717, 1.165) is 24.8 Å². The number of epoxide rings is 1. The maximum Gasteiger partial charge on any atom is 0.335 e. The maximum absolute atomic E-state index is 12.1. The van der Waals surface area contributed by atoms with Gasteiger partial charge < -0.3 is 29.2 Å². The van der Waals surface area contributed by atoms with Crippen LogP contribution in [0, 0.1) is 22.7 Å². The highest BCUT2D eigenvalue weighted by Gasteiger charge is 2.85. The topological polar surface area (TPSA) is 130 Å². The van der Waals surface area contributed by atoms with Crippen molar-refractivity contribution in [3.63, 3.8) is 0 Å². The first-order valence-electron chi connectivity index (χ1n) is 12.6. The molecular weight excluding hydrogens is 440 g/mol. The Balaban J connectivity index is 1.43. The van der Waals surface area contributed by atoms with Crippen LogP contribution in [0.2, 0.25) is 0 Å². The third-order valence-electron chi connectivity index (χ3n) is 10.6. The predicted molar refractivity (Wildman–Crippen MR) is 119 cm³/mol. The van der Waals surface area contributed by atoms with E-state index in [-0.39, 0.29) is 41.8 Å². The summed E-state index contributed by atoms with van der Waals surface area (Å²) in [6.07, 6.45) is 4.43. The van der Waals surface area contributed by atoms with Crippen LogP contribution in [0.5, 0.6) is 0 Å². The minimum atomic E-state index is -1.09. The van der Waals surface area contributed by atoms with E-state index in [1.54, 1.807) is 6.07 Å². The predicted octanol–water partition coefficient (Wildman–Crippen LogP) is 1.89. The molecule has 5 fully saturated rings. The monoisotopic (exact) mass is 474 g/mol. The fourth-order valence-electron chi connectivity index (χ4n) is 9.23. The molecule has 3 N–H and O–H groups in total. The summed E-state index contributed by atoms with van der Waals surface area (Å²) in [5.74, 6) is -0.410. The molecule has 1 spiro atoms. The van der Waals surface area contributed by atoms with Crippen LogP contribution in [0.1, 0.15) is 70.3 Å². The minimum absolute atomic E-state index is 0.0484. The second-order valence-corrected chi connectivity index (χ2v) is 11.7. The standard InChI is InChI=1S/C26H34O8/c1-14(28)33-21-20(15-3-4-19(30)32-12-15)23(2)8-6-17-18(26(23)22(21)34-26)7-10-25(31)11-16(29)5-9-24(17,25)13-27/h3-4,12,16-18,20-22,27,29,31H,5-11,13H2,1-2H3. The highest BCUT2D eigenvalue weighted by Crippen LogP contribution is 2.78. The van der Waals surface area contributed by atoms with Gasteiger partial charge in [0.25, 0.3) is 0 Å². The van der Waals surface area contributed by atoms with Crippen molar-refractivity contribution in [2.75, 3.05) is 6.61 Å². The molecule has 1 saturated heterocycles. The summed E-state index contributed by atoms with van der Waals surface area (Å²) in [7, 11) is 0. The van der Waals surface area contributed by atoms with E-state index >= 15 is 0 Å². The molecule has 2 heterocycles. The molecule has 1 aliphatic heterocycles. The zero-order chi connectivity index (χ0) is 24.1. The van der Waals surface area contributed by atoms with Crippen LogP contribution in [0.25, 0.3) is 0 Å². The Morgan fingerprint density at radius 1 is 1.18 bits per heavy atom. The minimum Gasteiger partial charge on any atom is -0.459 e. The van der Waals surface area contributed by atoms with Crippen molar-refractivity contribution in [1.82, 2.24) is 0 Å². The first-order valence-corrected chi connectivity index (χ1v) is 12.6. The first kappa shape index (κ1) is 22.7. The zero-order valence-corrected chi connectivity index (χ0v) is 19.7. The van der Waals surface area contributed by atoms with Gasteiger partial charge in [-0.15, -0.1) is 0 Å². The third-order valence-corrected chi connectivity index (χ3v) is 10.6. The Kier molecular flexibility index (Phi) is 4.78. The van der Waals surface area contributed by atoms with Gasteiger partial charge in [-0.1, -0.05) is 6.92 Å². The van der Waals surface area contributed by atoms with Gasteiger partial charge in [0.2, 0.25) is 0 Å². The molecule has 4 aliphatic carbocycles. The van der Waals surface area contributed by atoms with Crippen LogP contribution < -0.4 is 5.63 Å². The zero-order valence-electron chi connectivity index (χ0n) is 19.7. The van der Waals surface area contributed by atoms with Crippen LogP contribution in [0.15, 0.2) is 27.6 Å². The van der Waals surface area contributed by atoms with E-state index in [1.807, 2.05) is 0 Å². The number of aliphatic hydroxyl groups is 3. The average Bonchev–Trinajstić information content (AvgIpc) is 3.49. The highest BCUT2D eigenvalue weighted by atomic mass is 16.7. The van der Waals surface area contributed by atoms with Gasteiger partial charge in [0, 0.05) is 36.2 Å². The van der Waals surface area contributed by atoms with Crippen LogP contribution in [0.4, 0.5) is 0 Å². The van der Waals surface area contributed by atoms with Crippen molar-refractivity contribution in [2.24, 2.45) is 22.7 Å². The normalized spacial score (nSPS) is 51.0. The second kappa shape index (κ2) is 7.15. The quantitative estimate of drug-likeness (QED) is 0.447. The van der Waals surface area contributed by atoms with Gasteiger partial charge in [-0.3, -0.25) is 4.79 Å². The summed E-state index contributed by atoms with van der Waals surface area (Å²) in [5, 5.41) is 32.7. The van der Waals surface area contributed by atoms with Crippen LogP contribution >= 0.6 is 0 Å². The smallest absolute Gasteiger partial charge is 0.335 e. The summed E-state index contributed by atoms with van der Waals surface area (Å²) >= 11 is 0. The van der Waals surface area contributed by atoms with Gasteiger partial charge in [-0.2, -0.15) is 0 Å². The van der Waals surface area contributed by atoms with Crippen molar-refractivity contribution in [3.8, 4) is 0 Å². The summed E-state index contributed by atoms with van der Waals surface area (Å²) in [4.78, 5) is 23.7. The van der Waals surface area contributed by atoms with Crippen molar-refractivity contribution in [1.29, 1.82) is 0 Å². The Morgan fingerprint density at radius 2 is 1.94 bits per heavy atom. The van der Waals surface area contributed by atoms with E-state index in [4.69, 9.17) is 13.9 Å². The van der Waals surface area contributed by atoms with Gasteiger partial charge in [0.1, 0.15) is 17.8 Å².